The van der Waals surface area contributed by atoms with Gasteiger partial charge in [-0.15, -0.1) is 0 Å². The Bertz CT molecular complexity index is 229. The molecule has 0 N–H and O–H groups in total. The summed E-state index contributed by atoms with van der Waals surface area (Å²) in [4.78, 5) is 9.18. The molecule has 15 heavy (non-hydrogen) atoms. The van der Waals surface area contributed by atoms with Gasteiger partial charge in [0.05, 0.1) is 6.61 Å². The van der Waals surface area contributed by atoms with E-state index in [4.69, 9.17) is 0 Å². The third-order valence-corrected chi connectivity index (χ3v) is 2.07. The quantitative estimate of drug-likeness (QED) is 0.711. The number of aryl methyl sites for hydroxylation is 2. The second-order valence-corrected chi connectivity index (χ2v) is 3.08. The van der Waals surface area contributed by atoms with Gasteiger partial charge in [-0.25, -0.2) is 0 Å². The van der Waals surface area contributed by atoms with E-state index in [-0.39, 0.29) is 0 Å². The van der Waals surface area contributed by atoms with Crippen molar-refractivity contribution in [3.8, 4) is 0 Å². The first-order valence-corrected chi connectivity index (χ1v) is 5.41. The molecule has 0 aromatic heterocycles. The van der Waals surface area contributed by atoms with E-state index in [1.54, 1.807) is 6.92 Å². The number of rotatable bonds is 4. The van der Waals surface area contributed by atoms with Crippen LogP contribution in [0.1, 0.15) is 31.9 Å². The molecule has 1 aromatic carbocycles. The summed E-state index contributed by atoms with van der Waals surface area (Å²) in [7, 11) is 0. The maximum absolute atomic E-state index is 9.18. The topological polar surface area (TPSA) is 26.3 Å². The number of ether oxygens (including phenoxy) is 1. The maximum atomic E-state index is 9.18. The van der Waals surface area contributed by atoms with Crippen LogP contribution >= 0.6 is 0 Å². The van der Waals surface area contributed by atoms with Crippen LogP contribution in [0.5, 0.6) is 0 Å². The van der Waals surface area contributed by atoms with Crippen LogP contribution < -0.4 is 0 Å². The van der Waals surface area contributed by atoms with Gasteiger partial charge in [0.15, 0.2) is 0 Å². The van der Waals surface area contributed by atoms with Crippen LogP contribution in [-0.2, 0) is 22.4 Å². The predicted molar refractivity (Wildman–Crippen MR) is 62.9 cm³/mol. The summed E-state index contributed by atoms with van der Waals surface area (Å²) in [5.74, 6) is 0. The zero-order valence-electron chi connectivity index (χ0n) is 9.82. The molecule has 0 saturated heterocycles. The average molecular weight is 208 g/mol. The monoisotopic (exact) mass is 208 g/mol. The van der Waals surface area contributed by atoms with Crippen molar-refractivity contribution in [1.29, 1.82) is 0 Å². The van der Waals surface area contributed by atoms with Gasteiger partial charge in [-0.1, -0.05) is 38.1 Å². The van der Waals surface area contributed by atoms with E-state index in [9.17, 15) is 4.79 Å². The Kier molecular flexibility index (Phi) is 8.44. The Morgan fingerprint density at radius 2 is 1.40 bits per heavy atom. The van der Waals surface area contributed by atoms with Gasteiger partial charge in [-0.05, 0) is 30.9 Å². The molecule has 0 aliphatic heterocycles. The van der Waals surface area contributed by atoms with Gasteiger partial charge in [-0.2, -0.15) is 0 Å². The van der Waals surface area contributed by atoms with Gasteiger partial charge in [0.2, 0.25) is 0 Å². The lowest BCUT2D eigenvalue weighted by atomic mass is 10.1. The molecule has 0 amide bonds. The first kappa shape index (κ1) is 13.7. The number of carbonyl (C=O) groups is 1. The summed E-state index contributed by atoms with van der Waals surface area (Å²) in [6.07, 6.45) is 2.29. The van der Waals surface area contributed by atoms with Gasteiger partial charge < -0.3 is 4.74 Å². The molecule has 0 heterocycles. The smallest absolute Gasteiger partial charge is 0.293 e. The SMILES string of the molecule is CCOC=O.CCc1ccc(CC)cc1. The lowest BCUT2D eigenvalue weighted by molar-refractivity contribution is -0.128. The molecule has 0 saturated carbocycles. The Morgan fingerprint density at radius 3 is 1.53 bits per heavy atom. The highest BCUT2D eigenvalue weighted by Crippen LogP contribution is 2.04. The highest BCUT2D eigenvalue weighted by Gasteiger charge is 1.88. The van der Waals surface area contributed by atoms with Gasteiger partial charge in [0, 0.05) is 0 Å². The molecule has 2 heteroatoms. The van der Waals surface area contributed by atoms with Crippen LogP contribution in [0.2, 0.25) is 0 Å². The van der Waals surface area contributed by atoms with Crippen molar-refractivity contribution >= 4 is 6.47 Å². The molecule has 0 aliphatic carbocycles. The van der Waals surface area contributed by atoms with E-state index >= 15 is 0 Å². The van der Waals surface area contributed by atoms with Crippen LogP contribution in [0.4, 0.5) is 0 Å². The summed E-state index contributed by atoms with van der Waals surface area (Å²) >= 11 is 0. The molecule has 0 radical (unpaired) electrons. The lowest BCUT2D eigenvalue weighted by Gasteiger charge is -1.97. The molecule has 0 atom stereocenters. The lowest BCUT2D eigenvalue weighted by Crippen LogP contribution is -1.81. The van der Waals surface area contributed by atoms with Gasteiger partial charge in [-0.3, -0.25) is 4.79 Å². The van der Waals surface area contributed by atoms with E-state index in [0.29, 0.717) is 13.1 Å². The normalized spacial score (nSPS) is 8.73. The molecule has 84 valence electrons. The van der Waals surface area contributed by atoms with E-state index in [2.05, 4.69) is 42.8 Å². The Morgan fingerprint density at radius 1 is 1.00 bits per heavy atom. The van der Waals surface area contributed by atoms with E-state index in [0.717, 1.165) is 12.8 Å². The molecular formula is C13H20O2. The van der Waals surface area contributed by atoms with E-state index in [1.807, 2.05) is 0 Å². The Hall–Kier alpha value is -1.31. The molecule has 1 aromatic rings. The van der Waals surface area contributed by atoms with E-state index in [1.165, 1.54) is 11.1 Å². The fourth-order valence-electron chi connectivity index (χ4n) is 1.08. The van der Waals surface area contributed by atoms with E-state index < -0.39 is 0 Å². The largest absolute Gasteiger partial charge is 0.468 e. The second-order valence-electron chi connectivity index (χ2n) is 3.08. The molecule has 0 spiro atoms. The van der Waals surface area contributed by atoms with Crippen LogP contribution in [0.15, 0.2) is 24.3 Å². The number of carbonyl (C=O) groups excluding carboxylic acids is 1. The number of hydrogen-bond donors (Lipinski definition) is 0. The minimum atomic E-state index is 0.431. The van der Waals surface area contributed by atoms with Crippen LogP contribution in [0, 0.1) is 0 Å². The summed E-state index contributed by atoms with van der Waals surface area (Å²) in [5, 5.41) is 0. The fourth-order valence-corrected chi connectivity index (χ4v) is 1.08. The molecular weight excluding hydrogens is 188 g/mol. The van der Waals surface area contributed by atoms with Crippen molar-refractivity contribution in [2.75, 3.05) is 6.61 Å². The zero-order chi connectivity index (χ0) is 11.5. The third-order valence-electron chi connectivity index (χ3n) is 2.07. The minimum Gasteiger partial charge on any atom is -0.468 e. The first-order chi connectivity index (χ1) is 7.28. The number of benzene rings is 1. The van der Waals surface area contributed by atoms with Crippen molar-refractivity contribution in [2.45, 2.75) is 33.6 Å². The molecule has 0 unspecified atom stereocenters. The van der Waals surface area contributed by atoms with Crippen LogP contribution in [0.25, 0.3) is 0 Å². The first-order valence-electron chi connectivity index (χ1n) is 5.41. The molecule has 0 aliphatic rings. The van der Waals surface area contributed by atoms with Gasteiger partial charge >= 0.3 is 0 Å². The highest BCUT2D eigenvalue weighted by molar-refractivity contribution is 5.36. The van der Waals surface area contributed by atoms with Crippen molar-refractivity contribution in [3.63, 3.8) is 0 Å². The van der Waals surface area contributed by atoms with Gasteiger partial charge in [0.1, 0.15) is 0 Å². The Labute approximate surface area is 92.3 Å². The van der Waals surface area contributed by atoms with Crippen molar-refractivity contribution in [2.24, 2.45) is 0 Å². The van der Waals surface area contributed by atoms with Crippen molar-refractivity contribution < 1.29 is 9.53 Å². The average Bonchev–Trinajstić information content (AvgIpc) is 2.31. The molecule has 1 rings (SSSR count). The predicted octanol–water partition coefficient (Wildman–Crippen LogP) is 2.99. The van der Waals surface area contributed by atoms with Gasteiger partial charge in [0.25, 0.3) is 6.47 Å². The summed E-state index contributed by atoms with van der Waals surface area (Å²) < 4.78 is 4.15. The fraction of sp³-hybridized carbons (Fsp3) is 0.462. The molecule has 2 nitrogen and oxygen atoms in total. The second kappa shape index (κ2) is 9.25. The third kappa shape index (κ3) is 6.72. The Balaban J connectivity index is 0.000000336. The summed E-state index contributed by atoms with van der Waals surface area (Å²) in [5.41, 5.74) is 2.86. The van der Waals surface area contributed by atoms with Crippen LogP contribution in [-0.4, -0.2) is 13.1 Å². The maximum Gasteiger partial charge on any atom is 0.293 e. The summed E-state index contributed by atoms with van der Waals surface area (Å²) in [6, 6.07) is 8.83. The highest BCUT2D eigenvalue weighted by atomic mass is 16.5. The molecule has 0 fully saturated rings. The standard InChI is InChI=1S/C10H14.C3H6O2/c1-3-9-5-7-10(4-2)8-6-9;1-2-5-3-4/h5-8H,3-4H2,1-2H3;3H,2H2,1H3. The van der Waals surface area contributed by atoms with Crippen molar-refractivity contribution in [3.05, 3.63) is 35.4 Å². The van der Waals surface area contributed by atoms with Crippen molar-refractivity contribution in [1.82, 2.24) is 0 Å². The molecule has 0 bridgehead atoms. The zero-order valence-corrected chi connectivity index (χ0v) is 9.82. The van der Waals surface area contributed by atoms with Crippen LogP contribution in [0.3, 0.4) is 0 Å². The minimum absolute atomic E-state index is 0.431. The summed E-state index contributed by atoms with van der Waals surface area (Å²) in [6.45, 7) is 7.03. The number of hydrogen-bond acceptors (Lipinski definition) is 2.